The van der Waals surface area contributed by atoms with Crippen molar-refractivity contribution in [2.75, 3.05) is 20.3 Å². The minimum absolute atomic E-state index is 0.153. The van der Waals surface area contributed by atoms with Crippen LogP contribution in [-0.2, 0) is 9.53 Å². The molecular formula is C10H18N4O3. The summed E-state index contributed by atoms with van der Waals surface area (Å²) in [5, 5.41) is 16.0. The summed E-state index contributed by atoms with van der Waals surface area (Å²) in [5.41, 5.74) is 0. The summed E-state index contributed by atoms with van der Waals surface area (Å²) in [6, 6.07) is -0.405. The standard InChI is InChI=1S/C10H18N4O3/c1-8(14-7-11-6-13-14)10(16)12-4-3-9(15)5-17-2/h6-9,15H,3-5H2,1-2H3,(H,12,16). The van der Waals surface area contributed by atoms with Crippen molar-refractivity contribution in [3.05, 3.63) is 12.7 Å². The molecule has 1 aromatic heterocycles. The lowest BCUT2D eigenvalue weighted by molar-refractivity contribution is -0.124. The third-order valence-electron chi connectivity index (χ3n) is 2.35. The maximum atomic E-state index is 11.7. The molecule has 0 fully saturated rings. The molecule has 0 aliphatic carbocycles. The predicted octanol–water partition coefficient (Wildman–Crippen LogP) is -0.647. The van der Waals surface area contributed by atoms with Gasteiger partial charge in [0.15, 0.2) is 0 Å². The molecule has 0 aliphatic heterocycles. The molecule has 0 saturated heterocycles. The number of aliphatic hydroxyl groups is 1. The zero-order chi connectivity index (χ0) is 12.7. The molecule has 7 heteroatoms. The fourth-order valence-electron chi connectivity index (χ4n) is 1.32. The SMILES string of the molecule is COCC(O)CCNC(=O)C(C)n1cncn1. The van der Waals surface area contributed by atoms with Gasteiger partial charge in [-0.3, -0.25) is 4.79 Å². The summed E-state index contributed by atoms with van der Waals surface area (Å²) in [6.45, 7) is 2.41. The number of nitrogens with zero attached hydrogens (tertiary/aromatic N) is 3. The van der Waals surface area contributed by atoms with Crippen LogP contribution in [0.3, 0.4) is 0 Å². The first-order chi connectivity index (χ1) is 8.15. The third kappa shape index (κ3) is 4.49. The van der Waals surface area contributed by atoms with E-state index in [-0.39, 0.29) is 12.5 Å². The molecule has 0 aromatic carbocycles. The van der Waals surface area contributed by atoms with Crippen LogP contribution in [0.1, 0.15) is 19.4 Å². The second-order valence-electron chi connectivity index (χ2n) is 3.74. The van der Waals surface area contributed by atoms with Crippen LogP contribution in [0, 0.1) is 0 Å². The average molecular weight is 242 g/mol. The summed E-state index contributed by atoms with van der Waals surface area (Å²) in [5.74, 6) is -0.153. The van der Waals surface area contributed by atoms with Crippen LogP contribution in [0.2, 0.25) is 0 Å². The van der Waals surface area contributed by atoms with Gasteiger partial charge in [0.25, 0.3) is 0 Å². The fraction of sp³-hybridized carbons (Fsp3) is 0.700. The molecule has 2 N–H and O–H groups in total. The van der Waals surface area contributed by atoms with Crippen molar-refractivity contribution in [3.63, 3.8) is 0 Å². The number of amides is 1. The highest BCUT2D eigenvalue weighted by Crippen LogP contribution is 2.01. The van der Waals surface area contributed by atoms with Gasteiger partial charge in [-0.25, -0.2) is 9.67 Å². The maximum Gasteiger partial charge on any atom is 0.244 e. The Hall–Kier alpha value is -1.47. The zero-order valence-electron chi connectivity index (χ0n) is 10.0. The van der Waals surface area contributed by atoms with Crippen LogP contribution >= 0.6 is 0 Å². The Kier molecular flexibility index (Phi) is 5.58. The molecule has 2 unspecified atom stereocenters. The molecule has 1 amide bonds. The van der Waals surface area contributed by atoms with Crippen molar-refractivity contribution in [2.24, 2.45) is 0 Å². The van der Waals surface area contributed by atoms with E-state index in [0.29, 0.717) is 13.0 Å². The van der Waals surface area contributed by atoms with Crippen LogP contribution < -0.4 is 5.32 Å². The Morgan fingerprint density at radius 1 is 1.65 bits per heavy atom. The maximum absolute atomic E-state index is 11.7. The van der Waals surface area contributed by atoms with E-state index < -0.39 is 12.1 Å². The van der Waals surface area contributed by atoms with E-state index in [2.05, 4.69) is 15.4 Å². The van der Waals surface area contributed by atoms with Crippen LogP contribution in [0.25, 0.3) is 0 Å². The number of hydrogen-bond acceptors (Lipinski definition) is 5. The monoisotopic (exact) mass is 242 g/mol. The van der Waals surface area contributed by atoms with E-state index in [1.165, 1.54) is 24.4 Å². The van der Waals surface area contributed by atoms with E-state index >= 15 is 0 Å². The van der Waals surface area contributed by atoms with Crippen molar-refractivity contribution in [1.29, 1.82) is 0 Å². The highest BCUT2D eigenvalue weighted by Gasteiger charge is 2.15. The number of rotatable bonds is 7. The normalized spacial score (nSPS) is 14.3. The first-order valence-electron chi connectivity index (χ1n) is 5.44. The highest BCUT2D eigenvalue weighted by atomic mass is 16.5. The number of methoxy groups -OCH3 is 1. The lowest BCUT2D eigenvalue weighted by Gasteiger charge is -2.13. The van der Waals surface area contributed by atoms with E-state index in [1.807, 2.05) is 0 Å². The molecule has 0 saturated carbocycles. The van der Waals surface area contributed by atoms with Crippen LogP contribution in [0.15, 0.2) is 12.7 Å². The Labute approximate surface area is 99.8 Å². The number of ether oxygens (including phenoxy) is 1. The van der Waals surface area contributed by atoms with Crippen molar-refractivity contribution >= 4 is 5.91 Å². The zero-order valence-corrected chi connectivity index (χ0v) is 10.0. The average Bonchev–Trinajstić information content (AvgIpc) is 2.81. The van der Waals surface area contributed by atoms with E-state index in [0.717, 1.165) is 0 Å². The Balaban J connectivity index is 2.25. The van der Waals surface area contributed by atoms with E-state index in [9.17, 15) is 9.90 Å². The molecule has 0 bridgehead atoms. The smallest absolute Gasteiger partial charge is 0.244 e. The Morgan fingerprint density at radius 2 is 2.41 bits per heavy atom. The summed E-state index contributed by atoms with van der Waals surface area (Å²) in [7, 11) is 1.52. The minimum atomic E-state index is -0.554. The number of aliphatic hydroxyl groups excluding tert-OH is 1. The predicted molar refractivity (Wildman–Crippen MR) is 60.2 cm³/mol. The van der Waals surface area contributed by atoms with Gasteiger partial charge in [0.1, 0.15) is 18.7 Å². The Bertz CT molecular complexity index is 328. The highest BCUT2D eigenvalue weighted by molar-refractivity contribution is 5.79. The molecule has 1 rings (SSSR count). The first kappa shape index (κ1) is 13.6. The lowest BCUT2D eigenvalue weighted by Crippen LogP contribution is -2.33. The van der Waals surface area contributed by atoms with E-state index in [1.54, 1.807) is 6.92 Å². The van der Waals surface area contributed by atoms with Crippen molar-refractivity contribution in [1.82, 2.24) is 20.1 Å². The van der Waals surface area contributed by atoms with Gasteiger partial charge >= 0.3 is 0 Å². The minimum Gasteiger partial charge on any atom is -0.391 e. The van der Waals surface area contributed by atoms with Crippen LogP contribution in [0.5, 0.6) is 0 Å². The Morgan fingerprint density at radius 3 is 3.00 bits per heavy atom. The topological polar surface area (TPSA) is 89.3 Å². The van der Waals surface area contributed by atoms with Gasteiger partial charge in [-0.05, 0) is 13.3 Å². The number of hydrogen-bond donors (Lipinski definition) is 2. The van der Waals surface area contributed by atoms with Crippen molar-refractivity contribution in [3.8, 4) is 0 Å². The van der Waals surface area contributed by atoms with Gasteiger partial charge in [0.05, 0.1) is 12.7 Å². The molecular weight excluding hydrogens is 224 g/mol. The van der Waals surface area contributed by atoms with Crippen molar-refractivity contribution < 1.29 is 14.6 Å². The third-order valence-corrected chi connectivity index (χ3v) is 2.35. The van der Waals surface area contributed by atoms with Gasteiger partial charge in [-0.1, -0.05) is 0 Å². The number of nitrogens with one attached hydrogen (secondary N) is 1. The molecule has 0 aliphatic rings. The number of aromatic nitrogens is 3. The second kappa shape index (κ2) is 6.97. The molecule has 96 valence electrons. The number of carbonyl (C=O) groups excluding carboxylic acids is 1. The van der Waals surface area contributed by atoms with Crippen LogP contribution in [0.4, 0.5) is 0 Å². The summed E-state index contributed by atoms with van der Waals surface area (Å²) in [6.07, 6.45) is 2.78. The second-order valence-corrected chi connectivity index (χ2v) is 3.74. The molecule has 17 heavy (non-hydrogen) atoms. The molecule has 7 nitrogen and oxygen atoms in total. The summed E-state index contributed by atoms with van der Waals surface area (Å²) < 4.78 is 6.26. The quantitative estimate of drug-likeness (QED) is 0.663. The van der Waals surface area contributed by atoms with Gasteiger partial charge in [0, 0.05) is 13.7 Å². The number of carbonyl (C=O) groups is 1. The largest absolute Gasteiger partial charge is 0.391 e. The van der Waals surface area contributed by atoms with Crippen molar-refractivity contribution in [2.45, 2.75) is 25.5 Å². The molecule has 1 aromatic rings. The molecule has 1 heterocycles. The van der Waals surface area contributed by atoms with E-state index in [4.69, 9.17) is 4.74 Å². The first-order valence-corrected chi connectivity index (χ1v) is 5.44. The molecule has 0 radical (unpaired) electrons. The van der Waals surface area contributed by atoms with Crippen LogP contribution in [-0.4, -0.2) is 52.1 Å². The molecule has 2 atom stereocenters. The van der Waals surface area contributed by atoms with Gasteiger partial charge in [-0.15, -0.1) is 0 Å². The fourth-order valence-corrected chi connectivity index (χ4v) is 1.32. The van der Waals surface area contributed by atoms with Gasteiger partial charge in [-0.2, -0.15) is 5.10 Å². The summed E-state index contributed by atoms with van der Waals surface area (Å²) >= 11 is 0. The van der Waals surface area contributed by atoms with Gasteiger partial charge < -0.3 is 15.2 Å². The molecule has 0 spiro atoms. The van der Waals surface area contributed by atoms with Gasteiger partial charge in [0.2, 0.25) is 5.91 Å². The summed E-state index contributed by atoms with van der Waals surface area (Å²) in [4.78, 5) is 15.4. The lowest BCUT2D eigenvalue weighted by atomic mass is 10.2.